The van der Waals surface area contributed by atoms with E-state index in [4.69, 9.17) is 22.4 Å². The van der Waals surface area contributed by atoms with E-state index in [0.29, 0.717) is 11.3 Å². The van der Waals surface area contributed by atoms with Crippen LogP contribution in [-0.4, -0.2) is 30.4 Å². The van der Waals surface area contributed by atoms with Crippen molar-refractivity contribution in [2.24, 2.45) is 0 Å². The lowest BCUT2D eigenvalue weighted by molar-refractivity contribution is 0.0636. The number of carbonyl (C=O) groups excluding carboxylic acids is 1. The fourth-order valence-electron chi connectivity index (χ4n) is 1.48. The Balaban J connectivity index is 2.93. The molecule has 0 saturated heterocycles. The van der Waals surface area contributed by atoms with E-state index in [0.717, 1.165) is 5.69 Å². The van der Waals surface area contributed by atoms with Crippen molar-refractivity contribution in [1.29, 1.82) is 5.41 Å². The van der Waals surface area contributed by atoms with Crippen molar-refractivity contribution in [3.8, 4) is 0 Å². The highest BCUT2D eigenvalue weighted by Gasteiger charge is 2.17. The maximum Gasteiger partial charge on any atom is 0.412 e. The van der Waals surface area contributed by atoms with Crippen LogP contribution in [0.15, 0.2) is 18.2 Å². The Bertz CT molecular complexity index is 524. The van der Waals surface area contributed by atoms with Crippen LogP contribution >= 0.6 is 12.2 Å². The topological polar surface area (TPSA) is 65.4 Å². The Hall–Kier alpha value is -1.95. The summed E-state index contributed by atoms with van der Waals surface area (Å²) < 4.78 is 5.18. The molecule has 20 heavy (non-hydrogen) atoms. The van der Waals surface area contributed by atoms with Gasteiger partial charge in [-0.05, 0) is 39.0 Å². The number of nitrogens with zero attached hydrogens (tertiary/aromatic N) is 1. The molecule has 0 unspecified atom stereocenters. The summed E-state index contributed by atoms with van der Waals surface area (Å²) in [5, 5.41) is 10.1. The van der Waals surface area contributed by atoms with E-state index in [1.54, 1.807) is 37.8 Å². The molecule has 1 aromatic rings. The number of hydrogen-bond acceptors (Lipinski definition) is 4. The third-order valence-electron chi connectivity index (χ3n) is 2.39. The summed E-state index contributed by atoms with van der Waals surface area (Å²) in [6, 6.07) is 5.29. The minimum absolute atomic E-state index is 0.524. The molecule has 1 amide bonds. The molecule has 6 heteroatoms. The van der Waals surface area contributed by atoms with Gasteiger partial charge < -0.3 is 15.0 Å². The van der Waals surface area contributed by atoms with Crippen LogP contribution in [0.25, 0.3) is 0 Å². The van der Waals surface area contributed by atoms with Crippen molar-refractivity contribution in [2.45, 2.75) is 26.4 Å². The molecular weight excluding hydrogens is 274 g/mol. The van der Waals surface area contributed by atoms with Gasteiger partial charge in [0.05, 0.1) is 11.2 Å². The Labute approximate surface area is 124 Å². The Morgan fingerprint density at radius 3 is 2.60 bits per heavy atom. The molecule has 0 atom stereocenters. The van der Waals surface area contributed by atoms with Crippen LogP contribution < -0.4 is 10.2 Å². The molecule has 1 rings (SSSR count). The van der Waals surface area contributed by atoms with Gasteiger partial charge in [0.1, 0.15) is 5.60 Å². The van der Waals surface area contributed by atoms with E-state index in [9.17, 15) is 4.79 Å². The lowest BCUT2D eigenvalue weighted by atomic mass is 10.1. The number of hydrogen-bond donors (Lipinski definition) is 2. The highest BCUT2D eigenvalue weighted by molar-refractivity contribution is 7.79. The zero-order valence-electron chi connectivity index (χ0n) is 12.1. The van der Waals surface area contributed by atoms with Crippen LogP contribution in [0.1, 0.15) is 26.3 Å². The number of ether oxygens (including phenoxy) is 1. The summed E-state index contributed by atoms with van der Waals surface area (Å²) in [6.07, 6.45) is 0.629. The lowest BCUT2D eigenvalue weighted by Crippen LogP contribution is -2.27. The molecule has 5 nitrogen and oxygen atoms in total. The quantitative estimate of drug-likeness (QED) is 0.659. The summed E-state index contributed by atoms with van der Waals surface area (Å²) in [4.78, 5) is 13.5. The summed E-state index contributed by atoms with van der Waals surface area (Å²) in [6.45, 7) is 5.38. The molecule has 2 N–H and O–H groups in total. The number of anilines is 2. The highest BCUT2D eigenvalue weighted by atomic mass is 32.1. The second kappa shape index (κ2) is 6.47. The summed E-state index contributed by atoms with van der Waals surface area (Å²) in [5.41, 5.74) is 2.89. The van der Waals surface area contributed by atoms with Gasteiger partial charge in [0.15, 0.2) is 0 Å². The summed E-state index contributed by atoms with van der Waals surface area (Å²) >= 11 is 4.85. The van der Waals surface area contributed by atoms with Gasteiger partial charge in [-0.1, -0.05) is 12.2 Å². The van der Waals surface area contributed by atoms with E-state index in [1.807, 2.05) is 13.1 Å². The number of carbonyl (C=O) groups is 1. The van der Waals surface area contributed by atoms with Crippen molar-refractivity contribution >= 4 is 41.4 Å². The highest BCUT2D eigenvalue weighted by Crippen LogP contribution is 2.21. The van der Waals surface area contributed by atoms with Crippen LogP contribution in [0.4, 0.5) is 16.2 Å². The molecule has 0 aliphatic heterocycles. The SMILES string of the molecule is CN(C=S)c1ccc(NC(=O)OC(C)(C)C)c(C=N)c1. The summed E-state index contributed by atoms with van der Waals surface area (Å²) in [5.74, 6) is 0. The molecule has 0 aliphatic rings. The van der Waals surface area contributed by atoms with Gasteiger partial charge in [0.2, 0.25) is 0 Å². The third-order valence-corrected chi connectivity index (χ3v) is 2.71. The number of thiocarbonyl (C=S) groups is 1. The first-order chi connectivity index (χ1) is 9.26. The molecule has 0 radical (unpaired) electrons. The fourth-order valence-corrected chi connectivity index (χ4v) is 1.60. The van der Waals surface area contributed by atoms with Crippen molar-refractivity contribution < 1.29 is 9.53 Å². The molecular formula is C14H19N3O2S. The average molecular weight is 293 g/mol. The Morgan fingerprint density at radius 1 is 1.45 bits per heavy atom. The molecule has 108 valence electrons. The van der Waals surface area contributed by atoms with Gasteiger partial charge in [-0.15, -0.1) is 0 Å². The molecule has 0 saturated carbocycles. The second-order valence-electron chi connectivity index (χ2n) is 5.26. The van der Waals surface area contributed by atoms with Crippen LogP contribution in [0.2, 0.25) is 0 Å². The predicted molar refractivity (Wildman–Crippen MR) is 86.2 cm³/mol. The van der Waals surface area contributed by atoms with Crippen molar-refractivity contribution in [1.82, 2.24) is 0 Å². The lowest BCUT2D eigenvalue weighted by Gasteiger charge is -2.20. The number of amides is 1. The monoisotopic (exact) mass is 293 g/mol. The van der Waals surface area contributed by atoms with Crippen LogP contribution in [0, 0.1) is 5.41 Å². The molecule has 0 heterocycles. The van der Waals surface area contributed by atoms with E-state index in [1.165, 1.54) is 11.7 Å². The largest absolute Gasteiger partial charge is 0.444 e. The third kappa shape index (κ3) is 4.62. The minimum atomic E-state index is -0.563. The number of benzene rings is 1. The zero-order valence-corrected chi connectivity index (χ0v) is 12.9. The van der Waals surface area contributed by atoms with E-state index >= 15 is 0 Å². The van der Waals surface area contributed by atoms with E-state index in [2.05, 4.69) is 5.32 Å². The predicted octanol–water partition coefficient (Wildman–Crippen LogP) is 3.42. The van der Waals surface area contributed by atoms with Crippen molar-refractivity contribution in [3.63, 3.8) is 0 Å². The standard InChI is InChI=1S/C14H19N3O2S/c1-14(2,3)19-13(18)16-12-6-5-11(17(4)9-20)7-10(12)8-15/h5-9,15H,1-4H3,(H,16,18). The first kappa shape index (κ1) is 16.1. The van der Waals surface area contributed by atoms with Gasteiger partial charge in [0.25, 0.3) is 0 Å². The Kier molecular flexibility index (Phi) is 5.21. The molecule has 0 spiro atoms. The fraction of sp³-hybridized carbons (Fsp3) is 0.357. The first-order valence-electron chi connectivity index (χ1n) is 6.09. The number of rotatable bonds is 4. The van der Waals surface area contributed by atoms with Crippen LogP contribution in [-0.2, 0) is 4.74 Å². The Morgan fingerprint density at radius 2 is 2.10 bits per heavy atom. The smallest absolute Gasteiger partial charge is 0.412 e. The van der Waals surface area contributed by atoms with Gasteiger partial charge in [0, 0.05) is 24.5 Å². The summed E-state index contributed by atoms with van der Waals surface area (Å²) in [7, 11) is 1.82. The molecule has 0 aliphatic carbocycles. The first-order valence-corrected chi connectivity index (χ1v) is 6.56. The van der Waals surface area contributed by atoms with E-state index < -0.39 is 11.7 Å². The maximum absolute atomic E-state index is 11.7. The van der Waals surface area contributed by atoms with Gasteiger partial charge in [-0.2, -0.15) is 0 Å². The average Bonchev–Trinajstić information content (AvgIpc) is 2.36. The van der Waals surface area contributed by atoms with Gasteiger partial charge in [-0.25, -0.2) is 4.79 Å². The molecule has 0 aromatic heterocycles. The van der Waals surface area contributed by atoms with Crippen LogP contribution in [0.3, 0.4) is 0 Å². The second-order valence-corrected chi connectivity index (χ2v) is 5.47. The molecule has 0 bridgehead atoms. The maximum atomic E-state index is 11.7. The number of nitrogens with one attached hydrogen (secondary N) is 2. The molecule has 0 fully saturated rings. The van der Waals surface area contributed by atoms with Crippen LogP contribution in [0.5, 0.6) is 0 Å². The van der Waals surface area contributed by atoms with Gasteiger partial charge >= 0.3 is 6.09 Å². The molecule has 1 aromatic carbocycles. The van der Waals surface area contributed by atoms with Gasteiger partial charge in [-0.3, -0.25) is 5.32 Å². The van der Waals surface area contributed by atoms with Crippen molar-refractivity contribution in [2.75, 3.05) is 17.3 Å². The normalized spacial score (nSPS) is 10.6. The van der Waals surface area contributed by atoms with E-state index in [-0.39, 0.29) is 0 Å². The van der Waals surface area contributed by atoms with Crippen molar-refractivity contribution in [3.05, 3.63) is 23.8 Å². The zero-order chi connectivity index (χ0) is 15.3. The minimum Gasteiger partial charge on any atom is -0.444 e.